The first-order valence-electron chi connectivity index (χ1n) is 23.4. The highest BCUT2D eigenvalue weighted by Gasteiger charge is 2.19. The molecule has 0 radical (unpaired) electrons. The van der Waals surface area contributed by atoms with E-state index in [1.807, 2.05) is 0 Å². The smallest absolute Gasteiger partial charge is 0.306 e. The number of ether oxygens (including phenoxy) is 3. The standard InChI is InChI=1S/C47H90O6/c1-5-8-10-12-14-16-17-18-19-20-22-28-32-36-40-47(50)53-44(41-51-45(48)38-34-30-26-21-15-13-11-9-6-2)42-52-46(49)39-35-31-27-24-23-25-29-33-37-43(4)7-3/h43-44H,5-42H2,1-4H3/t43?,44-/m0/s1. The van der Waals surface area contributed by atoms with Gasteiger partial charge < -0.3 is 14.2 Å². The Kier molecular flexibility index (Phi) is 40.3. The van der Waals surface area contributed by atoms with Crippen LogP contribution in [0.2, 0.25) is 0 Å². The van der Waals surface area contributed by atoms with Gasteiger partial charge in [0.1, 0.15) is 13.2 Å². The molecule has 0 aromatic carbocycles. The normalized spacial score (nSPS) is 12.5. The van der Waals surface area contributed by atoms with Crippen LogP contribution in [0.15, 0.2) is 0 Å². The molecule has 0 saturated heterocycles. The molecule has 53 heavy (non-hydrogen) atoms. The first-order chi connectivity index (χ1) is 25.9. The number of unbranched alkanes of at least 4 members (excludes halogenated alkanes) is 28. The minimum absolute atomic E-state index is 0.0641. The van der Waals surface area contributed by atoms with E-state index in [1.54, 1.807) is 0 Å². The average molecular weight is 751 g/mol. The van der Waals surface area contributed by atoms with Gasteiger partial charge in [0.2, 0.25) is 0 Å². The van der Waals surface area contributed by atoms with Gasteiger partial charge in [0.15, 0.2) is 6.10 Å². The Morgan fingerprint density at radius 2 is 0.660 bits per heavy atom. The van der Waals surface area contributed by atoms with Gasteiger partial charge in [-0.2, -0.15) is 0 Å². The van der Waals surface area contributed by atoms with Gasteiger partial charge in [0.25, 0.3) is 0 Å². The van der Waals surface area contributed by atoms with Crippen molar-refractivity contribution in [1.29, 1.82) is 0 Å². The summed E-state index contributed by atoms with van der Waals surface area (Å²) in [6.07, 6.45) is 40.8. The summed E-state index contributed by atoms with van der Waals surface area (Å²) in [6, 6.07) is 0. The number of hydrogen-bond acceptors (Lipinski definition) is 6. The number of hydrogen-bond donors (Lipinski definition) is 0. The molecule has 0 spiro atoms. The summed E-state index contributed by atoms with van der Waals surface area (Å²) >= 11 is 0. The lowest BCUT2D eigenvalue weighted by atomic mass is 9.99. The molecular weight excluding hydrogens is 661 g/mol. The van der Waals surface area contributed by atoms with Crippen LogP contribution in [-0.2, 0) is 28.6 Å². The molecular formula is C47H90O6. The molecule has 0 aromatic rings. The largest absolute Gasteiger partial charge is 0.462 e. The van der Waals surface area contributed by atoms with Crippen LogP contribution in [0.4, 0.5) is 0 Å². The number of esters is 3. The zero-order valence-corrected chi connectivity index (χ0v) is 36.0. The molecule has 6 heteroatoms. The van der Waals surface area contributed by atoms with Gasteiger partial charge in [-0.1, -0.05) is 220 Å². The minimum atomic E-state index is -0.759. The fourth-order valence-electron chi connectivity index (χ4n) is 6.95. The van der Waals surface area contributed by atoms with Gasteiger partial charge in [0, 0.05) is 19.3 Å². The van der Waals surface area contributed by atoms with Crippen molar-refractivity contribution in [2.45, 2.75) is 265 Å². The molecule has 0 aliphatic carbocycles. The molecule has 6 nitrogen and oxygen atoms in total. The molecule has 0 rings (SSSR count). The van der Waals surface area contributed by atoms with Crippen molar-refractivity contribution in [2.24, 2.45) is 5.92 Å². The van der Waals surface area contributed by atoms with Crippen molar-refractivity contribution < 1.29 is 28.6 Å². The maximum absolute atomic E-state index is 12.7. The average Bonchev–Trinajstić information content (AvgIpc) is 3.15. The Labute approximate surface area is 329 Å². The molecule has 0 bridgehead atoms. The predicted molar refractivity (Wildman–Crippen MR) is 224 cm³/mol. The van der Waals surface area contributed by atoms with Crippen LogP contribution >= 0.6 is 0 Å². The Bertz CT molecular complexity index is 798. The summed E-state index contributed by atoms with van der Waals surface area (Å²) in [4.78, 5) is 37.7. The van der Waals surface area contributed by atoms with Crippen LogP contribution in [0.25, 0.3) is 0 Å². The van der Waals surface area contributed by atoms with Crippen LogP contribution < -0.4 is 0 Å². The van der Waals surface area contributed by atoms with Crippen LogP contribution in [0, 0.1) is 5.92 Å². The van der Waals surface area contributed by atoms with E-state index in [0.29, 0.717) is 19.3 Å². The summed E-state index contributed by atoms with van der Waals surface area (Å²) in [6.45, 7) is 8.99. The van der Waals surface area contributed by atoms with Gasteiger partial charge in [-0.3, -0.25) is 14.4 Å². The second kappa shape index (κ2) is 41.6. The maximum atomic E-state index is 12.7. The summed E-state index contributed by atoms with van der Waals surface area (Å²) in [5.41, 5.74) is 0. The van der Waals surface area contributed by atoms with E-state index in [9.17, 15) is 14.4 Å². The molecule has 314 valence electrons. The first-order valence-corrected chi connectivity index (χ1v) is 23.4. The third-order valence-electron chi connectivity index (χ3n) is 10.9. The van der Waals surface area contributed by atoms with Crippen molar-refractivity contribution in [1.82, 2.24) is 0 Å². The van der Waals surface area contributed by atoms with E-state index >= 15 is 0 Å². The molecule has 0 aliphatic heterocycles. The zero-order valence-electron chi connectivity index (χ0n) is 36.0. The van der Waals surface area contributed by atoms with Crippen LogP contribution in [0.3, 0.4) is 0 Å². The van der Waals surface area contributed by atoms with Crippen LogP contribution in [0.1, 0.15) is 259 Å². The van der Waals surface area contributed by atoms with Gasteiger partial charge in [0.05, 0.1) is 0 Å². The van der Waals surface area contributed by atoms with Crippen molar-refractivity contribution in [3.8, 4) is 0 Å². The van der Waals surface area contributed by atoms with Crippen LogP contribution in [-0.4, -0.2) is 37.2 Å². The van der Waals surface area contributed by atoms with Crippen molar-refractivity contribution >= 4 is 17.9 Å². The van der Waals surface area contributed by atoms with Crippen molar-refractivity contribution in [2.75, 3.05) is 13.2 Å². The molecule has 0 aliphatic rings. The van der Waals surface area contributed by atoms with E-state index in [-0.39, 0.29) is 31.1 Å². The van der Waals surface area contributed by atoms with Gasteiger partial charge in [-0.25, -0.2) is 0 Å². The molecule has 0 heterocycles. The summed E-state index contributed by atoms with van der Waals surface area (Å²) < 4.78 is 16.7. The van der Waals surface area contributed by atoms with Gasteiger partial charge in [-0.15, -0.1) is 0 Å². The van der Waals surface area contributed by atoms with Gasteiger partial charge in [-0.05, 0) is 25.2 Å². The second-order valence-corrected chi connectivity index (χ2v) is 16.3. The van der Waals surface area contributed by atoms with E-state index in [0.717, 1.165) is 63.7 Å². The third-order valence-corrected chi connectivity index (χ3v) is 10.9. The fourth-order valence-corrected chi connectivity index (χ4v) is 6.95. The van der Waals surface area contributed by atoms with E-state index in [2.05, 4.69) is 27.7 Å². The fraction of sp³-hybridized carbons (Fsp3) is 0.936. The molecule has 0 saturated carbocycles. The zero-order chi connectivity index (χ0) is 38.9. The minimum Gasteiger partial charge on any atom is -0.462 e. The van der Waals surface area contributed by atoms with Crippen molar-refractivity contribution in [3.63, 3.8) is 0 Å². The number of carbonyl (C=O) groups excluding carboxylic acids is 3. The Balaban J connectivity index is 4.32. The molecule has 2 atom stereocenters. The Hall–Kier alpha value is -1.59. The lowest BCUT2D eigenvalue weighted by Crippen LogP contribution is -2.30. The molecule has 0 amide bonds. The second-order valence-electron chi connectivity index (χ2n) is 16.3. The molecule has 0 N–H and O–H groups in total. The highest BCUT2D eigenvalue weighted by molar-refractivity contribution is 5.71. The summed E-state index contributed by atoms with van der Waals surface area (Å²) in [7, 11) is 0. The number of carbonyl (C=O) groups is 3. The highest BCUT2D eigenvalue weighted by Crippen LogP contribution is 2.17. The summed E-state index contributed by atoms with van der Waals surface area (Å²) in [5.74, 6) is -0.00740. The third kappa shape index (κ3) is 39.9. The Morgan fingerprint density at radius 3 is 0.981 bits per heavy atom. The predicted octanol–water partition coefficient (Wildman–Crippen LogP) is 14.7. The highest BCUT2D eigenvalue weighted by atomic mass is 16.6. The van der Waals surface area contributed by atoms with E-state index < -0.39 is 6.10 Å². The number of rotatable bonds is 42. The van der Waals surface area contributed by atoms with Gasteiger partial charge >= 0.3 is 17.9 Å². The first kappa shape index (κ1) is 51.4. The lowest BCUT2D eigenvalue weighted by molar-refractivity contribution is -0.167. The topological polar surface area (TPSA) is 78.9 Å². The maximum Gasteiger partial charge on any atom is 0.306 e. The van der Waals surface area contributed by atoms with Crippen molar-refractivity contribution in [3.05, 3.63) is 0 Å². The van der Waals surface area contributed by atoms with E-state index in [1.165, 1.54) is 154 Å². The Morgan fingerprint density at radius 1 is 0.377 bits per heavy atom. The SMILES string of the molecule is CCCCCCCCCCCCCCCCC(=O)O[C@@H](COC(=O)CCCCCCCCCCC)COC(=O)CCCCCCCCCCC(C)CC. The monoisotopic (exact) mass is 751 g/mol. The van der Waals surface area contributed by atoms with E-state index in [4.69, 9.17) is 14.2 Å². The molecule has 1 unspecified atom stereocenters. The van der Waals surface area contributed by atoms with Crippen LogP contribution in [0.5, 0.6) is 0 Å². The quantitative estimate of drug-likeness (QED) is 0.0351. The molecule has 0 aromatic heterocycles. The molecule has 0 fully saturated rings. The lowest BCUT2D eigenvalue weighted by Gasteiger charge is -2.18. The summed E-state index contributed by atoms with van der Waals surface area (Å²) in [5, 5.41) is 0.